The molecule has 0 aliphatic rings. The molecule has 1 aromatic carbocycles. The summed E-state index contributed by atoms with van der Waals surface area (Å²) >= 11 is 1.05. The summed E-state index contributed by atoms with van der Waals surface area (Å²) in [4.78, 5) is 21.1. The maximum Gasteiger partial charge on any atom is 0.277 e. The number of aliphatic hydroxyl groups excluding tert-OH is 1. The van der Waals surface area contributed by atoms with Crippen LogP contribution in [-0.2, 0) is 0 Å². The van der Waals surface area contributed by atoms with E-state index in [0.29, 0.717) is 47.0 Å². The minimum absolute atomic E-state index is 0.0153. The van der Waals surface area contributed by atoms with Crippen LogP contribution in [0.25, 0.3) is 10.6 Å². The first-order chi connectivity index (χ1) is 14.4. The molecular formula is C21H23FN4O3S. The number of ether oxygens (including phenoxy) is 1. The zero-order chi connectivity index (χ0) is 21.7. The Balaban J connectivity index is 1.77. The third kappa shape index (κ3) is 5.11. The number of halogens is 1. The van der Waals surface area contributed by atoms with Crippen LogP contribution in [0.4, 0.5) is 15.1 Å². The molecule has 0 fully saturated rings. The van der Waals surface area contributed by atoms with Crippen LogP contribution in [0.3, 0.4) is 0 Å². The first-order valence-corrected chi connectivity index (χ1v) is 10.3. The van der Waals surface area contributed by atoms with Crippen LogP contribution in [0.2, 0.25) is 0 Å². The minimum Gasteiger partial charge on any atom is -0.491 e. The molecule has 2 heterocycles. The van der Waals surface area contributed by atoms with Gasteiger partial charge in [-0.2, -0.15) is 0 Å². The highest BCUT2D eigenvalue weighted by Crippen LogP contribution is 2.34. The highest BCUT2D eigenvalue weighted by molar-refractivity contribution is 7.19. The number of amides is 1. The molecule has 1 unspecified atom stereocenters. The molecule has 158 valence electrons. The number of anilines is 2. The van der Waals surface area contributed by atoms with Crippen molar-refractivity contribution >= 4 is 27.9 Å². The smallest absolute Gasteiger partial charge is 0.277 e. The van der Waals surface area contributed by atoms with Gasteiger partial charge in [0, 0.05) is 17.8 Å². The molecule has 0 spiro atoms. The summed E-state index contributed by atoms with van der Waals surface area (Å²) in [6.07, 6.45) is 3.89. The number of carbonyl (C=O) groups excluding carboxylic acids is 1. The van der Waals surface area contributed by atoms with Crippen molar-refractivity contribution in [2.75, 3.05) is 17.7 Å². The normalized spacial score (nSPS) is 11.9. The Morgan fingerprint density at radius 2 is 2.20 bits per heavy atom. The van der Waals surface area contributed by atoms with Crippen LogP contribution >= 0.6 is 11.3 Å². The fourth-order valence-corrected chi connectivity index (χ4v) is 3.79. The maximum absolute atomic E-state index is 14.3. The highest BCUT2D eigenvalue weighted by Gasteiger charge is 2.21. The lowest BCUT2D eigenvalue weighted by molar-refractivity contribution is 0.102. The van der Waals surface area contributed by atoms with Crippen molar-refractivity contribution < 1.29 is 19.0 Å². The van der Waals surface area contributed by atoms with Gasteiger partial charge in [0.2, 0.25) is 0 Å². The first kappa shape index (κ1) is 21.7. The lowest BCUT2D eigenvalue weighted by Crippen LogP contribution is -2.15. The van der Waals surface area contributed by atoms with Crippen LogP contribution in [-0.4, -0.2) is 33.7 Å². The van der Waals surface area contributed by atoms with E-state index in [1.54, 1.807) is 38.2 Å². The van der Waals surface area contributed by atoms with Crippen LogP contribution in [0.1, 0.15) is 35.8 Å². The van der Waals surface area contributed by atoms with Gasteiger partial charge in [0.25, 0.3) is 5.91 Å². The van der Waals surface area contributed by atoms with Crippen LogP contribution in [0.15, 0.2) is 36.7 Å². The van der Waals surface area contributed by atoms with Gasteiger partial charge < -0.3 is 20.9 Å². The Morgan fingerprint density at radius 1 is 1.40 bits per heavy atom. The number of aliphatic hydroxyl groups is 1. The molecule has 0 aliphatic carbocycles. The Kier molecular flexibility index (Phi) is 6.96. The molecule has 0 bridgehead atoms. The molecule has 2 aromatic heterocycles. The molecule has 0 aliphatic heterocycles. The number of aromatic nitrogens is 2. The Hall–Kier alpha value is -3.04. The summed E-state index contributed by atoms with van der Waals surface area (Å²) < 4.78 is 20.0. The lowest BCUT2D eigenvalue weighted by Gasteiger charge is -2.12. The second kappa shape index (κ2) is 9.64. The molecule has 9 heteroatoms. The summed E-state index contributed by atoms with van der Waals surface area (Å²) in [7, 11) is 0. The number of nitrogen functional groups attached to an aromatic ring is 1. The van der Waals surface area contributed by atoms with E-state index in [4.69, 9.17) is 10.5 Å². The van der Waals surface area contributed by atoms with Gasteiger partial charge in [-0.1, -0.05) is 23.5 Å². The van der Waals surface area contributed by atoms with E-state index in [9.17, 15) is 14.3 Å². The third-order valence-corrected chi connectivity index (χ3v) is 5.26. The van der Waals surface area contributed by atoms with E-state index in [0.717, 1.165) is 11.3 Å². The number of aryl methyl sites for hydroxylation is 1. The van der Waals surface area contributed by atoms with E-state index in [1.165, 1.54) is 12.3 Å². The third-order valence-electron chi connectivity index (χ3n) is 4.36. The van der Waals surface area contributed by atoms with Crippen molar-refractivity contribution in [3.8, 4) is 16.3 Å². The van der Waals surface area contributed by atoms with Gasteiger partial charge in [-0.05, 0) is 38.3 Å². The maximum atomic E-state index is 14.3. The molecule has 0 radical (unpaired) electrons. The van der Waals surface area contributed by atoms with Crippen molar-refractivity contribution in [2.45, 2.75) is 32.8 Å². The molecule has 3 rings (SSSR count). The van der Waals surface area contributed by atoms with Gasteiger partial charge in [0.15, 0.2) is 5.69 Å². The largest absolute Gasteiger partial charge is 0.491 e. The van der Waals surface area contributed by atoms with Crippen molar-refractivity contribution in [2.24, 2.45) is 0 Å². The van der Waals surface area contributed by atoms with Gasteiger partial charge in [-0.15, -0.1) is 0 Å². The summed E-state index contributed by atoms with van der Waals surface area (Å²) in [6, 6.07) is 6.36. The first-order valence-electron chi connectivity index (χ1n) is 9.44. The quantitative estimate of drug-likeness (QED) is 0.466. The second-order valence-electron chi connectivity index (χ2n) is 6.83. The summed E-state index contributed by atoms with van der Waals surface area (Å²) in [5.41, 5.74) is 7.42. The molecule has 30 heavy (non-hydrogen) atoms. The number of hydrogen-bond acceptors (Lipinski definition) is 7. The van der Waals surface area contributed by atoms with Gasteiger partial charge in [-0.25, -0.2) is 9.37 Å². The van der Waals surface area contributed by atoms with Crippen molar-refractivity contribution in [1.29, 1.82) is 0 Å². The number of nitrogens with zero attached hydrogens (tertiary/aromatic N) is 2. The van der Waals surface area contributed by atoms with Crippen LogP contribution < -0.4 is 15.8 Å². The lowest BCUT2D eigenvalue weighted by atomic mass is 10.1. The topological polar surface area (TPSA) is 110 Å². The van der Waals surface area contributed by atoms with E-state index in [1.807, 2.05) is 0 Å². The fraction of sp³-hybridized carbons (Fsp3) is 0.286. The van der Waals surface area contributed by atoms with E-state index in [-0.39, 0.29) is 10.7 Å². The molecule has 1 amide bonds. The molecule has 1 atom stereocenters. The van der Waals surface area contributed by atoms with Gasteiger partial charge >= 0.3 is 0 Å². The number of pyridine rings is 1. The molecule has 0 saturated heterocycles. The number of carbonyl (C=O) groups is 1. The van der Waals surface area contributed by atoms with E-state index >= 15 is 0 Å². The summed E-state index contributed by atoms with van der Waals surface area (Å²) in [5.74, 6) is -0.510. The predicted octanol–water partition coefficient (Wildman–Crippen LogP) is 4.03. The van der Waals surface area contributed by atoms with Crippen molar-refractivity contribution in [3.05, 3.63) is 53.7 Å². The summed E-state index contributed by atoms with van der Waals surface area (Å²) in [5, 5.41) is 12.6. The Morgan fingerprint density at radius 3 is 2.93 bits per heavy atom. The Labute approximate surface area is 177 Å². The van der Waals surface area contributed by atoms with E-state index < -0.39 is 17.8 Å². The number of hydrogen-bond donors (Lipinski definition) is 3. The second-order valence-corrected chi connectivity index (χ2v) is 7.86. The molecule has 3 aromatic rings. The predicted molar refractivity (Wildman–Crippen MR) is 115 cm³/mol. The molecular weight excluding hydrogens is 407 g/mol. The SMILES string of the molecule is Cc1cccc(F)c1-c1nc(C(=O)Nc2cnccc2OCCCC(C)O)c(N)s1. The zero-order valence-corrected chi connectivity index (χ0v) is 17.5. The number of nitrogens with one attached hydrogen (secondary N) is 1. The molecule has 0 saturated carbocycles. The number of nitrogens with two attached hydrogens (primary N) is 1. The van der Waals surface area contributed by atoms with Gasteiger partial charge in [-0.3, -0.25) is 9.78 Å². The van der Waals surface area contributed by atoms with Crippen LogP contribution in [0, 0.1) is 12.7 Å². The average Bonchev–Trinajstić information content (AvgIpc) is 3.07. The number of rotatable bonds is 8. The van der Waals surface area contributed by atoms with Gasteiger partial charge in [0.05, 0.1) is 18.9 Å². The number of benzene rings is 1. The highest BCUT2D eigenvalue weighted by atomic mass is 32.1. The Bertz CT molecular complexity index is 1020. The monoisotopic (exact) mass is 430 g/mol. The van der Waals surface area contributed by atoms with Crippen molar-refractivity contribution in [3.63, 3.8) is 0 Å². The molecule has 7 nitrogen and oxygen atoms in total. The average molecular weight is 431 g/mol. The zero-order valence-electron chi connectivity index (χ0n) is 16.7. The number of thiazole rings is 1. The van der Waals surface area contributed by atoms with Crippen LogP contribution in [0.5, 0.6) is 5.75 Å². The van der Waals surface area contributed by atoms with Gasteiger partial charge in [0.1, 0.15) is 27.3 Å². The molecule has 4 N–H and O–H groups in total. The fourth-order valence-electron chi connectivity index (χ4n) is 2.85. The summed E-state index contributed by atoms with van der Waals surface area (Å²) in [6.45, 7) is 3.87. The standard InChI is InChI=1S/C21H23FN4O3S/c1-12-5-3-7-14(22)17(12)21-26-18(19(23)30-21)20(28)25-15-11-24-9-8-16(15)29-10-4-6-13(2)27/h3,5,7-9,11,13,27H,4,6,10,23H2,1-2H3,(H,25,28). The minimum atomic E-state index is -0.536. The van der Waals surface area contributed by atoms with E-state index in [2.05, 4.69) is 15.3 Å². The van der Waals surface area contributed by atoms with Crippen molar-refractivity contribution in [1.82, 2.24) is 9.97 Å².